The number of fused-ring (bicyclic) bond motifs is 1. The predicted molar refractivity (Wildman–Crippen MR) is 92.2 cm³/mol. The highest BCUT2D eigenvalue weighted by molar-refractivity contribution is 6.31. The lowest BCUT2D eigenvalue weighted by Gasteiger charge is -2.40. The van der Waals surface area contributed by atoms with E-state index in [1.165, 1.54) is 12.8 Å². The SMILES string of the molecule is Clc1ccc2nc(N3CCC(N4CCOCC4)CC3)cnc2c1. The maximum absolute atomic E-state index is 6.01. The lowest BCUT2D eigenvalue weighted by molar-refractivity contribution is 0.0115. The molecule has 2 saturated heterocycles. The van der Waals surface area contributed by atoms with Crippen molar-refractivity contribution in [1.82, 2.24) is 14.9 Å². The summed E-state index contributed by atoms with van der Waals surface area (Å²) in [5.41, 5.74) is 1.76. The van der Waals surface area contributed by atoms with Crippen LogP contribution in [0.2, 0.25) is 5.02 Å². The summed E-state index contributed by atoms with van der Waals surface area (Å²) in [6.45, 7) is 5.96. The molecule has 3 heterocycles. The molecule has 0 unspecified atom stereocenters. The predicted octanol–water partition coefficient (Wildman–Crippen LogP) is 2.58. The molecule has 6 heteroatoms. The minimum absolute atomic E-state index is 0.683. The number of benzene rings is 1. The van der Waals surface area contributed by atoms with Crippen molar-refractivity contribution < 1.29 is 4.74 Å². The monoisotopic (exact) mass is 332 g/mol. The van der Waals surface area contributed by atoms with E-state index in [4.69, 9.17) is 21.3 Å². The highest BCUT2D eigenvalue weighted by Crippen LogP contribution is 2.24. The van der Waals surface area contributed by atoms with Gasteiger partial charge in [-0.1, -0.05) is 11.6 Å². The number of morpholine rings is 1. The Bertz CT molecular complexity index is 681. The van der Waals surface area contributed by atoms with E-state index in [0.29, 0.717) is 11.1 Å². The van der Waals surface area contributed by atoms with Crippen LogP contribution >= 0.6 is 11.6 Å². The maximum atomic E-state index is 6.01. The van der Waals surface area contributed by atoms with E-state index in [1.807, 2.05) is 24.4 Å². The zero-order valence-corrected chi connectivity index (χ0v) is 13.9. The quantitative estimate of drug-likeness (QED) is 0.845. The molecule has 0 N–H and O–H groups in total. The van der Waals surface area contributed by atoms with Crippen molar-refractivity contribution in [3.8, 4) is 0 Å². The Hall–Kier alpha value is -1.43. The molecule has 1 aromatic heterocycles. The average molecular weight is 333 g/mol. The molecule has 0 spiro atoms. The highest BCUT2D eigenvalue weighted by atomic mass is 35.5. The fourth-order valence-electron chi connectivity index (χ4n) is 3.53. The number of anilines is 1. The number of rotatable bonds is 2. The summed E-state index contributed by atoms with van der Waals surface area (Å²) in [6, 6.07) is 6.35. The van der Waals surface area contributed by atoms with E-state index in [-0.39, 0.29) is 0 Å². The summed E-state index contributed by atoms with van der Waals surface area (Å²) in [7, 11) is 0. The van der Waals surface area contributed by atoms with Crippen molar-refractivity contribution in [2.24, 2.45) is 0 Å². The van der Waals surface area contributed by atoms with E-state index >= 15 is 0 Å². The van der Waals surface area contributed by atoms with Crippen molar-refractivity contribution in [3.63, 3.8) is 0 Å². The third-order valence-electron chi connectivity index (χ3n) is 4.84. The van der Waals surface area contributed by atoms with Gasteiger partial charge in [-0.3, -0.25) is 9.88 Å². The third kappa shape index (κ3) is 3.27. The van der Waals surface area contributed by atoms with Crippen LogP contribution in [0.1, 0.15) is 12.8 Å². The Morgan fingerprint density at radius 1 is 1.04 bits per heavy atom. The molecule has 4 rings (SSSR count). The number of ether oxygens (including phenoxy) is 1. The summed E-state index contributed by atoms with van der Waals surface area (Å²) in [5, 5.41) is 0.700. The molecule has 0 radical (unpaired) electrons. The molecule has 122 valence electrons. The molecule has 2 aromatic rings. The number of halogens is 1. The van der Waals surface area contributed by atoms with Gasteiger partial charge in [0, 0.05) is 37.2 Å². The molecule has 5 nitrogen and oxygen atoms in total. The van der Waals surface area contributed by atoms with Gasteiger partial charge in [0.2, 0.25) is 0 Å². The molecule has 0 bridgehead atoms. The van der Waals surface area contributed by atoms with Crippen LogP contribution in [-0.4, -0.2) is 60.3 Å². The minimum atomic E-state index is 0.683. The van der Waals surface area contributed by atoms with Gasteiger partial charge < -0.3 is 9.64 Å². The second-order valence-corrected chi connectivity index (χ2v) is 6.66. The van der Waals surface area contributed by atoms with Crippen LogP contribution in [0.4, 0.5) is 5.82 Å². The first-order valence-electron chi connectivity index (χ1n) is 8.29. The number of piperidine rings is 1. The van der Waals surface area contributed by atoms with Crippen LogP contribution in [0.25, 0.3) is 11.0 Å². The van der Waals surface area contributed by atoms with Gasteiger partial charge in [0.25, 0.3) is 0 Å². The number of hydrogen-bond acceptors (Lipinski definition) is 5. The minimum Gasteiger partial charge on any atom is -0.379 e. The maximum Gasteiger partial charge on any atom is 0.147 e. The van der Waals surface area contributed by atoms with Crippen molar-refractivity contribution >= 4 is 28.5 Å². The molecular weight excluding hydrogens is 312 g/mol. The second-order valence-electron chi connectivity index (χ2n) is 6.23. The molecule has 2 aliphatic heterocycles. The molecule has 0 atom stereocenters. The fraction of sp³-hybridized carbons (Fsp3) is 0.529. The number of nitrogens with zero attached hydrogens (tertiary/aromatic N) is 4. The van der Waals surface area contributed by atoms with Gasteiger partial charge in [-0.05, 0) is 31.0 Å². The summed E-state index contributed by atoms with van der Waals surface area (Å²) in [5.74, 6) is 0.972. The largest absolute Gasteiger partial charge is 0.379 e. The Morgan fingerprint density at radius 2 is 1.83 bits per heavy atom. The van der Waals surface area contributed by atoms with Crippen molar-refractivity contribution in [2.45, 2.75) is 18.9 Å². The zero-order valence-electron chi connectivity index (χ0n) is 13.1. The smallest absolute Gasteiger partial charge is 0.147 e. The van der Waals surface area contributed by atoms with Crippen LogP contribution in [0.15, 0.2) is 24.4 Å². The Balaban J connectivity index is 1.44. The molecule has 2 fully saturated rings. The molecule has 2 aliphatic rings. The first-order chi connectivity index (χ1) is 11.3. The summed E-state index contributed by atoms with van der Waals surface area (Å²) in [4.78, 5) is 14.2. The van der Waals surface area contributed by atoms with E-state index in [0.717, 1.165) is 56.2 Å². The normalized spacial score (nSPS) is 21.0. The molecular formula is C17H21ClN4O. The van der Waals surface area contributed by atoms with Gasteiger partial charge in [-0.2, -0.15) is 0 Å². The van der Waals surface area contributed by atoms with E-state index < -0.39 is 0 Å². The topological polar surface area (TPSA) is 41.5 Å². The lowest BCUT2D eigenvalue weighted by atomic mass is 10.0. The third-order valence-corrected chi connectivity index (χ3v) is 5.08. The van der Waals surface area contributed by atoms with Crippen molar-refractivity contribution in [3.05, 3.63) is 29.4 Å². The number of aromatic nitrogens is 2. The molecule has 1 aromatic carbocycles. The van der Waals surface area contributed by atoms with Gasteiger partial charge in [0.05, 0.1) is 30.4 Å². The highest BCUT2D eigenvalue weighted by Gasteiger charge is 2.26. The van der Waals surface area contributed by atoms with Crippen LogP contribution in [0, 0.1) is 0 Å². The van der Waals surface area contributed by atoms with Crippen LogP contribution in [0.3, 0.4) is 0 Å². The first kappa shape index (κ1) is 15.1. The van der Waals surface area contributed by atoms with Gasteiger partial charge >= 0.3 is 0 Å². The molecule has 0 aliphatic carbocycles. The van der Waals surface area contributed by atoms with Crippen LogP contribution in [-0.2, 0) is 4.74 Å². The van der Waals surface area contributed by atoms with Crippen molar-refractivity contribution in [1.29, 1.82) is 0 Å². The van der Waals surface area contributed by atoms with Gasteiger partial charge in [0.1, 0.15) is 5.82 Å². The zero-order chi connectivity index (χ0) is 15.6. The number of hydrogen-bond donors (Lipinski definition) is 0. The Morgan fingerprint density at radius 3 is 2.61 bits per heavy atom. The summed E-state index contributed by atoms with van der Waals surface area (Å²) < 4.78 is 5.45. The first-order valence-corrected chi connectivity index (χ1v) is 8.66. The molecule has 23 heavy (non-hydrogen) atoms. The standard InChI is InChI=1S/C17H21ClN4O/c18-13-1-2-15-16(11-13)19-12-17(20-15)22-5-3-14(4-6-22)21-7-9-23-10-8-21/h1-2,11-12,14H,3-10H2. The van der Waals surface area contributed by atoms with Crippen molar-refractivity contribution in [2.75, 3.05) is 44.3 Å². The Kier molecular flexibility index (Phi) is 4.33. The average Bonchev–Trinajstić information content (AvgIpc) is 2.62. The van der Waals surface area contributed by atoms with E-state index in [1.54, 1.807) is 0 Å². The summed E-state index contributed by atoms with van der Waals surface area (Å²) in [6.07, 6.45) is 4.23. The van der Waals surface area contributed by atoms with Crippen LogP contribution in [0.5, 0.6) is 0 Å². The van der Waals surface area contributed by atoms with Gasteiger partial charge in [0.15, 0.2) is 0 Å². The second kappa shape index (κ2) is 6.59. The fourth-order valence-corrected chi connectivity index (χ4v) is 3.70. The summed E-state index contributed by atoms with van der Waals surface area (Å²) >= 11 is 6.01. The molecule has 0 amide bonds. The molecule has 0 saturated carbocycles. The lowest BCUT2D eigenvalue weighted by Crippen LogP contribution is -2.49. The van der Waals surface area contributed by atoms with Gasteiger partial charge in [-0.25, -0.2) is 4.98 Å². The van der Waals surface area contributed by atoms with E-state index in [2.05, 4.69) is 14.8 Å². The van der Waals surface area contributed by atoms with E-state index in [9.17, 15) is 0 Å². The van der Waals surface area contributed by atoms with Gasteiger partial charge in [-0.15, -0.1) is 0 Å². The Labute approximate surface area is 141 Å². The van der Waals surface area contributed by atoms with Crippen LogP contribution < -0.4 is 4.90 Å².